The van der Waals surface area contributed by atoms with Crippen LogP contribution in [0.1, 0.15) is 22.0 Å². The van der Waals surface area contributed by atoms with Gasteiger partial charge in [-0.3, -0.25) is 10.2 Å². The molecule has 1 aliphatic rings. The monoisotopic (exact) mass is 379 g/mol. The van der Waals surface area contributed by atoms with E-state index in [1.165, 1.54) is 12.1 Å². The molecule has 2 heterocycles. The smallest absolute Gasteiger partial charge is 0.255 e. The Morgan fingerprint density at radius 3 is 2.75 bits per heavy atom. The van der Waals surface area contributed by atoms with Crippen LogP contribution in [0.2, 0.25) is 0 Å². The molecule has 1 fully saturated rings. The Hall–Kier alpha value is -3.03. The fourth-order valence-electron chi connectivity index (χ4n) is 3.64. The lowest BCUT2D eigenvalue weighted by Crippen LogP contribution is -2.35. The van der Waals surface area contributed by atoms with Gasteiger partial charge in [0, 0.05) is 38.4 Å². The molecule has 1 aliphatic heterocycles. The van der Waals surface area contributed by atoms with E-state index in [0.717, 1.165) is 17.8 Å². The molecule has 0 spiro atoms. The summed E-state index contributed by atoms with van der Waals surface area (Å²) in [5.41, 5.74) is 8.74. The molecule has 4 rings (SSSR count). The molecule has 7 heteroatoms. The minimum atomic E-state index is -0.256. The minimum Gasteiger partial charge on any atom is -0.341 e. The first-order chi connectivity index (χ1) is 13.6. The van der Waals surface area contributed by atoms with Gasteiger partial charge in [0.25, 0.3) is 5.91 Å². The Kier molecular flexibility index (Phi) is 5.18. The average molecular weight is 379 g/mol. The van der Waals surface area contributed by atoms with Crippen LogP contribution in [0, 0.1) is 11.7 Å². The van der Waals surface area contributed by atoms with Gasteiger partial charge in [-0.05, 0) is 35.9 Å². The van der Waals surface area contributed by atoms with Crippen LogP contribution in [-0.4, -0.2) is 40.7 Å². The van der Waals surface area contributed by atoms with E-state index in [9.17, 15) is 9.18 Å². The number of carbonyl (C=O) groups excluding carboxylic acids is 1. The van der Waals surface area contributed by atoms with E-state index in [4.69, 9.17) is 0 Å². The largest absolute Gasteiger partial charge is 0.341 e. The van der Waals surface area contributed by atoms with Gasteiger partial charge in [0.2, 0.25) is 0 Å². The highest BCUT2D eigenvalue weighted by Gasteiger charge is 2.30. The number of hydrazine groups is 1. The van der Waals surface area contributed by atoms with Crippen LogP contribution < -0.4 is 10.9 Å². The number of hydrogen-bond acceptors (Lipinski definition) is 4. The Balaban J connectivity index is 1.51. The van der Waals surface area contributed by atoms with E-state index in [1.54, 1.807) is 27.9 Å². The molecule has 2 aromatic carbocycles. The Morgan fingerprint density at radius 1 is 1.21 bits per heavy atom. The molecule has 1 aromatic heterocycles. The summed E-state index contributed by atoms with van der Waals surface area (Å²) in [5.74, 6) is -0.152. The lowest BCUT2D eigenvalue weighted by molar-refractivity contribution is 0.0771. The standard InChI is InChI=1S/C21H22FN5O/c1-26(14-16-13-23-25-20(16)15-7-9-17(22)10-8-15)21(28)18-5-2-3-6-19(18)27-12-4-11-24-27/h2-12,16,20,23,25H,13-14H2,1H3. The summed E-state index contributed by atoms with van der Waals surface area (Å²) in [6.07, 6.45) is 3.51. The first-order valence-corrected chi connectivity index (χ1v) is 9.22. The number of benzene rings is 2. The van der Waals surface area contributed by atoms with E-state index >= 15 is 0 Å². The first-order valence-electron chi connectivity index (χ1n) is 9.22. The molecule has 0 radical (unpaired) electrons. The average Bonchev–Trinajstić information content (AvgIpc) is 3.40. The first kappa shape index (κ1) is 18.3. The van der Waals surface area contributed by atoms with Crippen molar-refractivity contribution in [3.8, 4) is 5.69 Å². The molecule has 144 valence electrons. The van der Waals surface area contributed by atoms with E-state index in [-0.39, 0.29) is 23.7 Å². The van der Waals surface area contributed by atoms with Crippen LogP contribution in [0.5, 0.6) is 0 Å². The summed E-state index contributed by atoms with van der Waals surface area (Å²) >= 11 is 0. The van der Waals surface area contributed by atoms with Gasteiger partial charge < -0.3 is 4.90 Å². The molecular formula is C21H22FN5O. The Labute approximate surface area is 162 Å². The predicted octanol–water partition coefficient (Wildman–Crippen LogP) is 2.55. The molecule has 0 bridgehead atoms. The van der Waals surface area contributed by atoms with Crippen molar-refractivity contribution < 1.29 is 9.18 Å². The number of para-hydroxylation sites is 1. The van der Waals surface area contributed by atoms with E-state index < -0.39 is 0 Å². The van der Waals surface area contributed by atoms with Crippen molar-refractivity contribution in [2.45, 2.75) is 6.04 Å². The highest BCUT2D eigenvalue weighted by molar-refractivity contribution is 5.97. The molecule has 2 atom stereocenters. The summed E-state index contributed by atoms with van der Waals surface area (Å²) in [4.78, 5) is 14.9. The molecule has 1 saturated heterocycles. The number of nitrogens with zero attached hydrogens (tertiary/aromatic N) is 3. The zero-order valence-corrected chi connectivity index (χ0v) is 15.5. The third-order valence-electron chi connectivity index (χ3n) is 5.06. The highest BCUT2D eigenvalue weighted by Crippen LogP contribution is 2.26. The van der Waals surface area contributed by atoms with Crippen molar-refractivity contribution >= 4 is 5.91 Å². The van der Waals surface area contributed by atoms with Gasteiger partial charge in [0.1, 0.15) is 5.82 Å². The van der Waals surface area contributed by atoms with Crippen molar-refractivity contribution in [2.75, 3.05) is 20.1 Å². The third-order valence-corrected chi connectivity index (χ3v) is 5.06. The van der Waals surface area contributed by atoms with Crippen LogP contribution in [0.3, 0.4) is 0 Å². The maximum atomic E-state index is 13.2. The number of carbonyl (C=O) groups is 1. The maximum Gasteiger partial charge on any atom is 0.255 e. The zero-order valence-electron chi connectivity index (χ0n) is 15.5. The van der Waals surface area contributed by atoms with E-state index in [2.05, 4.69) is 16.0 Å². The van der Waals surface area contributed by atoms with Gasteiger partial charge in [-0.2, -0.15) is 5.10 Å². The molecule has 3 aromatic rings. The topological polar surface area (TPSA) is 62.2 Å². The summed E-state index contributed by atoms with van der Waals surface area (Å²) in [7, 11) is 1.81. The van der Waals surface area contributed by atoms with Crippen molar-refractivity contribution in [1.82, 2.24) is 25.5 Å². The van der Waals surface area contributed by atoms with Crippen molar-refractivity contribution in [3.05, 3.63) is 83.9 Å². The summed E-state index contributed by atoms with van der Waals surface area (Å²) in [6.45, 7) is 1.29. The number of nitrogens with one attached hydrogen (secondary N) is 2. The highest BCUT2D eigenvalue weighted by atomic mass is 19.1. The molecule has 2 unspecified atom stereocenters. The van der Waals surface area contributed by atoms with Crippen molar-refractivity contribution in [2.24, 2.45) is 5.92 Å². The zero-order chi connectivity index (χ0) is 19.5. The number of amides is 1. The minimum absolute atomic E-state index is 0.0113. The number of rotatable bonds is 5. The fraction of sp³-hybridized carbons (Fsp3) is 0.238. The lowest BCUT2D eigenvalue weighted by atomic mass is 9.94. The molecule has 2 N–H and O–H groups in total. The molecule has 1 amide bonds. The number of hydrogen-bond donors (Lipinski definition) is 2. The summed E-state index contributed by atoms with van der Waals surface area (Å²) in [5, 5.41) is 4.25. The van der Waals surface area contributed by atoms with Crippen LogP contribution in [0.25, 0.3) is 5.69 Å². The van der Waals surface area contributed by atoms with Crippen LogP contribution >= 0.6 is 0 Å². The summed E-state index contributed by atoms with van der Waals surface area (Å²) < 4.78 is 14.9. The maximum absolute atomic E-state index is 13.2. The van der Waals surface area contributed by atoms with E-state index in [1.807, 2.05) is 43.6 Å². The Morgan fingerprint density at radius 2 is 2.00 bits per heavy atom. The SMILES string of the molecule is CN(CC1CNNC1c1ccc(F)cc1)C(=O)c1ccccc1-n1cccn1. The fourth-order valence-corrected chi connectivity index (χ4v) is 3.64. The normalized spacial score (nSPS) is 18.9. The molecule has 0 aliphatic carbocycles. The Bertz CT molecular complexity index is 942. The quantitative estimate of drug-likeness (QED) is 0.715. The molecule has 6 nitrogen and oxygen atoms in total. The van der Waals surface area contributed by atoms with Gasteiger partial charge in [0.05, 0.1) is 17.3 Å². The second kappa shape index (κ2) is 7.92. The van der Waals surface area contributed by atoms with Crippen LogP contribution in [0.4, 0.5) is 4.39 Å². The van der Waals surface area contributed by atoms with Gasteiger partial charge in [0.15, 0.2) is 0 Å². The lowest BCUT2D eigenvalue weighted by Gasteiger charge is -2.25. The second-order valence-electron chi connectivity index (χ2n) is 6.97. The van der Waals surface area contributed by atoms with Crippen molar-refractivity contribution in [1.29, 1.82) is 0 Å². The molecule has 28 heavy (non-hydrogen) atoms. The predicted molar refractivity (Wildman–Crippen MR) is 104 cm³/mol. The van der Waals surface area contributed by atoms with E-state index in [0.29, 0.717) is 12.1 Å². The molecule has 0 saturated carbocycles. The van der Waals surface area contributed by atoms with Gasteiger partial charge >= 0.3 is 0 Å². The van der Waals surface area contributed by atoms with Gasteiger partial charge in [-0.1, -0.05) is 24.3 Å². The second-order valence-corrected chi connectivity index (χ2v) is 6.97. The van der Waals surface area contributed by atoms with Crippen molar-refractivity contribution in [3.63, 3.8) is 0 Å². The van der Waals surface area contributed by atoms with Gasteiger partial charge in [-0.15, -0.1) is 0 Å². The number of halogens is 1. The van der Waals surface area contributed by atoms with Crippen LogP contribution in [0.15, 0.2) is 67.0 Å². The van der Waals surface area contributed by atoms with Gasteiger partial charge in [-0.25, -0.2) is 14.5 Å². The van der Waals surface area contributed by atoms with Crippen LogP contribution in [-0.2, 0) is 0 Å². The summed E-state index contributed by atoms with van der Waals surface area (Å²) in [6, 6.07) is 15.8. The number of aromatic nitrogens is 2. The third kappa shape index (κ3) is 3.67. The molecular weight excluding hydrogens is 357 g/mol.